The monoisotopic (exact) mass is 353 g/mol. The van der Waals surface area contributed by atoms with Gasteiger partial charge in [-0.2, -0.15) is 11.8 Å². The molecule has 0 aromatic heterocycles. The highest BCUT2D eigenvalue weighted by molar-refractivity contribution is 7.98. The Morgan fingerprint density at radius 2 is 2.00 bits per heavy atom. The summed E-state index contributed by atoms with van der Waals surface area (Å²) < 4.78 is 24.6. The highest BCUT2D eigenvalue weighted by atomic mass is 35.5. The first-order valence-electron chi connectivity index (χ1n) is 5.95. The predicted molar refractivity (Wildman–Crippen MR) is 91.8 cm³/mol. The van der Waals surface area contributed by atoms with Gasteiger partial charge in [-0.1, -0.05) is 6.07 Å². The van der Waals surface area contributed by atoms with Gasteiger partial charge in [-0.05, 0) is 36.6 Å². The van der Waals surface area contributed by atoms with Crippen molar-refractivity contribution >= 4 is 51.5 Å². The van der Waals surface area contributed by atoms with Gasteiger partial charge in [-0.3, -0.25) is 9.52 Å². The molecule has 1 aromatic rings. The summed E-state index contributed by atoms with van der Waals surface area (Å²) in [6.45, 7) is 0. The number of benzene rings is 1. The number of hydrogen-bond acceptors (Lipinski definition) is 5. The molecule has 120 valence electrons. The highest BCUT2D eigenvalue weighted by Gasteiger charge is 2.13. The third kappa shape index (κ3) is 8.15. The summed E-state index contributed by atoms with van der Waals surface area (Å²) in [4.78, 5) is 11.8. The lowest BCUT2D eigenvalue weighted by Crippen LogP contribution is -2.36. The Kier molecular flexibility index (Phi) is 8.72. The SMILES string of the molecule is CSCC[C@H](N)C(=O)Nc1cccc(NS(C)(=O)=O)c1.Cl. The number of carbonyl (C=O) groups is 1. The minimum Gasteiger partial charge on any atom is -0.325 e. The van der Waals surface area contributed by atoms with Crippen molar-refractivity contribution in [2.45, 2.75) is 12.5 Å². The van der Waals surface area contributed by atoms with E-state index in [1.54, 1.807) is 36.0 Å². The summed E-state index contributed by atoms with van der Waals surface area (Å²) in [5.74, 6) is 0.528. The molecule has 0 saturated heterocycles. The normalized spacial score (nSPS) is 12.1. The van der Waals surface area contributed by atoms with E-state index in [1.807, 2.05) is 6.26 Å². The fourth-order valence-electron chi connectivity index (χ4n) is 1.49. The molecule has 1 rings (SSSR count). The van der Waals surface area contributed by atoms with Crippen LogP contribution >= 0.6 is 24.2 Å². The lowest BCUT2D eigenvalue weighted by Gasteiger charge is -2.12. The standard InChI is InChI=1S/C12H19N3O3S2.ClH/c1-19-7-6-11(13)12(16)14-9-4-3-5-10(8-9)15-20(2,17)18;/h3-5,8,11,15H,6-7,13H2,1-2H3,(H,14,16);1H/t11-;/m0./s1. The van der Waals surface area contributed by atoms with E-state index < -0.39 is 16.1 Å². The molecule has 0 bridgehead atoms. The van der Waals surface area contributed by atoms with Crippen LogP contribution in [0.5, 0.6) is 0 Å². The predicted octanol–water partition coefficient (Wildman–Crippen LogP) is 1.50. The van der Waals surface area contributed by atoms with Gasteiger partial charge in [0.05, 0.1) is 18.0 Å². The quantitative estimate of drug-likeness (QED) is 0.689. The fourth-order valence-corrected chi connectivity index (χ4v) is 2.53. The lowest BCUT2D eigenvalue weighted by atomic mass is 10.2. The van der Waals surface area contributed by atoms with Crippen LogP contribution in [0.25, 0.3) is 0 Å². The minimum absolute atomic E-state index is 0. The van der Waals surface area contributed by atoms with E-state index >= 15 is 0 Å². The third-order valence-corrected chi connectivity index (χ3v) is 3.65. The molecule has 0 spiro atoms. The van der Waals surface area contributed by atoms with Crippen LogP contribution in [0, 0.1) is 0 Å². The number of rotatable bonds is 7. The van der Waals surface area contributed by atoms with Crippen LogP contribution in [0.15, 0.2) is 24.3 Å². The molecule has 0 aliphatic carbocycles. The number of nitrogens with two attached hydrogens (primary N) is 1. The Balaban J connectivity index is 0.00000400. The van der Waals surface area contributed by atoms with Crippen LogP contribution in [0.2, 0.25) is 0 Å². The zero-order chi connectivity index (χ0) is 15.2. The Morgan fingerprint density at radius 1 is 1.38 bits per heavy atom. The maximum atomic E-state index is 11.8. The molecule has 0 radical (unpaired) electrons. The number of halogens is 1. The van der Waals surface area contributed by atoms with E-state index in [4.69, 9.17) is 5.73 Å². The Labute approximate surface area is 135 Å². The Morgan fingerprint density at radius 3 is 2.57 bits per heavy atom. The second-order valence-corrected chi connectivity index (χ2v) is 7.07. The van der Waals surface area contributed by atoms with Gasteiger partial charge in [0.15, 0.2) is 0 Å². The number of anilines is 2. The van der Waals surface area contributed by atoms with Gasteiger partial charge in [-0.25, -0.2) is 8.42 Å². The molecule has 4 N–H and O–H groups in total. The number of amides is 1. The molecule has 9 heteroatoms. The van der Waals surface area contributed by atoms with Crippen molar-refractivity contribution in [2.24, 2.45) is 5.73 Å². The van der Waals surface area contributed by atoms with E-state index in [-0.39, 0.29) is 18.3 Å². The second kappa shape index (κ2) is 9.14. The Bertz CT molecular complexity index is 567. The van der Waals surface area contributed by atoms with E-state index in [0.29, 0.717) is 17.8 Å². The molecule has 0 fully saturated rings. The molecule has 0 heterocycles. The summed E-state index contributed by atoms with van der Waals surface area (Å²) in [7, 11) is -3.34. The zero-order valence-electron chi connectivity index (χ0n) is 11.8. The van der Waals surface area contributed by atoms with E-state index in [9.17, 15) is 13.2 Å². The highest BCUT2D eigenvalue weighted by Crippen LogP contribution is 2.16. The smallest absolute Gasteiger partial charge is 0.241 e. The first kappa shape index (κ1) is 20.0. The summed E-state index contributed by atoms with van der Waals surface area (Å²) in [5.41, 5.74) is 6.65. The largest absolute Gasteiger partial charge is 0.325 e. The first-order valence-corrected chi connectivity index (χ1v) is 9.23. The fraction of sp³-hybridized carbons (Fsp3) is 0.417. The van der Waals surface area contributed by atoms with Crippen LogP contribution in [-0.4, -0.2) is 38.6 Å². The average Bonchev–Trinajstić information content (AvgIpc) is 2.34. The number of carbonyl (C=O) groups excluding carboxylic acids is 1. The number of sulfonamides is 1. The maximum Gasteiger partial charge on any atom is 0.241 e. The maximum absolute atomic E-state index is 11.8. The van der Waals surface area contributed by atoms with Crippen molar-refractivity contribution in [1.82, 2.24) is 0 Å². The lowest BCUT2D eigenvalue weighted by molar-refractivity contribution is -0.117. The van der Waals surface area contributed by atoms with Gasteiger partial charge in [0, 0.05) is 5.69 Å². The molecule has 0 unspecified atom stereocenters. The molecular formula is C12H20ClN3O3S2. The third-order valence-electron chi connectivity index (χ3n) is 2.40. The van der Waals surface area contributed by atoms with Gasteiger partial charge in [-0.15, -0.1) is 12.4 Å². The molecule has 1 amide bonds. The molecule has 0 aliphatic rings. The van der Waals surface area contributed by atoms with Crippen molar-refractivity contribution in [3.8, 4) is 0 Å². The summed E-state index contributed by atoms with van der Waals surface area (Å²) >= 11 is 1.63. The first-order chi connectivity index (χ1) is 9.31. The van der Waals surface area contributed by atoms with Crippen LogP contribution in [0.3, 0.4) is 0 Å². The van der Waals surface area contributed by atoms with Gasteiger partial charge in [0.1, 0.15) is 0 Å². The van der Waals surface area contributed by atoms with Gasteiger partial charge >= 0.3 is 0 Å². The van der Waals surface area contributed by atoms with E-state index in [1.165, 1.54) is 0 Å². The molecule has 1 atom stereocenters. The summed E-state index contributed by atoms with van der Waals surface area (Å²) in [6, 6.07) is 5.89. The van der Waals surface area contributed by atoms with Crippen LogP contribution in [-0.2, 0) is 14.8 Å². The Hall–Kier alpha value is -0.960. The summed E-state index contributed by atoms with van der Waals surface area (Å²) in [6.07, 6.45) is 3.61. The average molecular weight is 354 g/mol. The van der Waals surface area contributed by atoms with Crippen molar-refractivity contribution in [3.63, 3.8) is 0 Å². The minimum atomic E-state index is -3.34. The van der Waals surface area contributed by atoms with Crippen molar-refractivity contribution in [2.75, 3.05) is 28.3 Å². The van der Waals surface area contributed by atoms with Gasteiger partial charge < -0.3 is 11.1 Å². The molecule has 0 aliphatic heterocycles. The van der Waals surface area contributed by atoms with Crippen molar-refractivity contribution < 1.29 is 13.2 Å². The molecular weight excluding hydrogens is 334 g/mol. The zero-order valence-corrected chi connectivity index (χ0v) is 14.3. The molecule has 1 aromatic carbocycles. The number of nitrogens with one attached hydrogen (secondary N) is 2. The van der Waals surface area contributed by atoms with Crippen LogP contribution < -0.4 is 15.8 Å². The van der Waals surface area contributed by atoms with E-state index in [2.05, 4.69) is 10.0 Å². The van der Waals surface area contributed by atoms with Crippen molar-refractivity contribution in [3.05, 3.63) is 24.3 Å². The van der Waals surface area contributed by atoms with Crippen molar-refractivity contribution in [1.29, 1.82) is 0 Å². The second-order valence-electron chi connectivity index (χ2n) is 4.33. The molecule has 0 saturated carbocycles. The van der Waals surface area contributed by atoms with Crippen LogP contribution in [0.1, 0.15) is 6.42 Å². The molecule has 6 nitrogen and oxygen atoms in total. The van der Waals surface area contributed by atoms with Crippen LogP contribution in [0.4, 0.5) is 11.4 Å². The van der Waals surface area contributed by atoms with E-state index in [0.717, 1.165) is 12.0 Å². The van der Waals surface area contributed by atoms with Gasteiger partial charge in [0.25, 0.3) is 0 Å². The summed E-state index contributed by atoms with van der Waals surface area (Å²) in [5, 5.41) is 2.67. The number of hydrogen-bond donors (Lipinski definition) is 3. The topological polar surface area (TPSA) is 101 Å². The van der Waals surface area contributed by atoms with Gasteiger partial charge in [0.2, 0.25) is 15.9 Å². The molecule has 21 heavy (non-hydrogen) atoms. The number of thioether (sulfide) groups is 1.